The molecule has 1 saturated heterocycles. The van der Waals surface area contributed by atoms with Gasteiger partial charge in [0, 0.05) is 32.7 Å². The second-order valence-corrected chi connectivity index (χ2v) is 6.92. The van der Waals surface area contributed by atoms with Gasteiger partial charge in [-0.05, 0) is 45.3 Å². The van der Waals surface area contributed by atoms with Gasteiger partial charge in [-0.3, -0.25) is 4.79 Å². The summed E-state index contributed by atoms with van der Waals surface area (Å²) in [6, 6.07) is 10.1. The van der Waals surface area contributed by atoms with Gasteiger partial charge in [0.05, 0.1) is 0 Å². The van der Waals surface area contributed by atoms with Crippen LogP contribution in [0.15, 0.2) is 35.3 Å². The van der Waals surface area contributed by atoms with E-state index in [1.807, 2.05) is 49.1 Å². The van der Waals surface area contributed by atoms with Gasteiger partial charge in [-0.2, -0.15) is 0 Å². The fourth-order valence-corrected chi connectivity index (χ4v) is 3.28. The largest absolute Gasteiger partial charge is 0.357 e. The topological polar surface area (TPSA) is 60.0 Å². The Morgan fingerprint density at radius 2 is 1.85 bits per heavy atom. The van der Waals surface area contributed by atoms with Crippen LogP contribution in [0.4, 0.5) is 0 Å². The summed E-state index contributed by atoms with van der Waals surface area (Å²) >= 11 is 0. The summed E-state index contributed by atoms with van der Waals surface area (Å²) < 4.78 is 0. The van der Waals surface area contributed by atoms with E-state index in [1.54, 1.807) is 0 Å². The predicted octanol–water partition coefficient (Wildman–Crippen LogP) is 2.08. The monoisotopic (exact) mass is 373 g/mol. The molecule has 0 spiro atoms. The van der Waals surface area contributed by atoms with Crippen LogP contribution in [0.2, 0.25) is 0 Å². The lowest BCUT2D eigenvalue weighted by molar-refractivity contribution is -0.130. The highest BCUT2D eigenvalue weighted by Gasteiger charge is 2.12. The lowest BCUT2D eigenvalue weighted by atomic mass is 10.1. The molecule has 1 aromatic rings. The van der Waals surface area contributed by atoms with E-state index in [2.05, 4.69) is 20.5 Å². The molecule has 6 heteroatoms. The summed E-state index contributed by atoms with van der Waals surface area (Å²) in [5.41, 5.74) is 1.14. The molecule has 1 fully saturated rings. The first-order chi connectivity index (χ1) is 13.2. The molecule has 0 aliphatic carbocycles. The summed E-state index contributed by atoms with van der Waals surface area (Å²) in [6.07, 6.45) is 3.96. The lowest BCUT2D eigenvalue weighted by Crippen LogP contribution is -2.43. The second kappa shape index (κ2) is 12.3. The molecular formula is C21H35N5O. The average Bonchev–Trinajstić information content (AvgIpc) is 2.71. The number of aliphatic imine (C=N–C) groups is 1. The Labute approximate surface area is 164 Å². The molecule has 1 amide bonds. The molecule has 0 unspecified atom stereocenters. The highest BCUT2D eigenvalue weighted by molar-refractivity contribution is 5.84. The standard InChI is InChI=1S/C21H35N5O/c1-3-22-21(23-13-16-25-14-9-6-10-15-25)24-17-20(27)26(4-2)18-19-11-7-5-8-12-19/h5,7-8,11-12H,3-4,6,9-10,13-18H2,1-2H3,(H2,22,23,24). The number of likely N-dealkylation sites (N-methyl/N-ethyl adjacent to an activating group) is 1. The average molecular weight is 374 g/mol. The molecule has 27 heavy (non-hydrogen) atoms. The van der Waals surface area contributed by atoms with E-state index in [1.165, 1.54) is 32.4 Å². The van der Waals surface area contributed by atoms with Crippen LogP contribution in [0.1, 0.15) is 38.7 Å². The van der Waals surface area contributed by atoms with E-state index in [0.29, 0.717) is 13.1 Å². The van der Waals surface area contributed by atoms with Crippen LogP contribution in [-0.2, 0) is 11.3 Å². The number of nitrogens with zero attached hydrogens (tertiary/aromatic N) is 3. The predicted molar refractivity (Wildman–Crippen MR) is 112 cm³/mol. The van der Waals surface area contributed by atoms with Crippen molar-refractivity contribution in [3.8, 4) is 0 Å². The third kappa shape index (κ3) is 7.99. The number of rotatable bonds is 9. The van der Waals surface area contributed by atoms with Crippen molar-refractivity contribution < 1.29 is 4.79 Å². The number of hydrogen-bond acceptors (Lipinski definition) is 3. The van der Waals surface area contributed by atoms with Crippen LogP contribution in [-0.4, -0.2) is 67.5 Å². The third-order valence-electron chi connectivity index (χ3n) is 4.84. The van der Waals surface area contributed by atoms with Crippen molar-refractivity contribution >= 4 is 11.9 Å². The molecular weight excluding hydrogens is 338 g/mol. The van der Waals surface area contributed by atoms with Crippen molar-refractivity contribution in [1.82, 2.24) is 20.4 Å². The highest BCUT2D eigenvalue weighted by atomic mass is 16.2. The van der Waals surface area contributed by atoms with Gasteiger partial charge < -0.3 is 20.4 Å². The highest BCUT2D eigenvalue weighted by Crippen LogP contribution is 2.07. The number of amides is 1. The Balaban J connectivity index is 1.81. The number of hydrogen-bond donors (Lipinski definition) is 2. The molecule has 0 aromatic heterocycles. The Bertz CT molecular complexity index is 569. The second-order valence-electron chi connectivity index (χ2n) is 6.92. The zero-order valence-electron chi connectivity index (χ0n) is 16.9. The van der Waals surface area contributed by atoms with Crippen molar-refractivity contribution in [3.05, 3.63) is 35.9 Å². The Kier molecular flexibility index (Phi) is 9.69. The van der Waals surface area contributed by atoms with Crippen LogP contribution in [0.3, 0.4) is 0 Å². The number of nitrogens with one attached hydrogen (secondary N) is 2. The molecule has 1 aliphatic rings. The van der Waals surface area contributed by atoms with Crippen LogP contribution in [0.25, 0.3) is 0 Å². The normalized spacial score (nSPS) is 15.4. The van der Waals surface area contributed by atoms with Crippen LogP contribution >= 0.6 is 0 Å². The SMILES string of the molecule is CCNC(=NCC(=O)N(CC)Cc1ccccc1)NCCN1CCCCC1. The van der Waals surface area contributed by atoms with Gasteiger partial charge in [-0.25, -0.2) is 4.99 Å². The summed E-state index contributed by atoms with van der Waals surface area (Å²) in [7, 11) is 0. The first-order valence-electron chi connectivity index (χ1n) is 10.3. The van der Waals surface area contributed by atoms with Gasteiger partial charge >= 0.3 is 0 Å². The van der Waals surface area contributed by atoms with Crippen LogP contribution in [0, 0.1) is 0 Å². The van der Waals surface area contributed by atoms with E-state index in [0.717, 1.165) is 31.2 Å². The van der Waals surface area contributed by atoms with Crippen molar-refractivity contribution in [1.29, 1.82) is 0 Å². The molecule has 0 radical (unpaired) electrons. The molecule has 1 heterocycles. The van der Waals surface area contributed by atoms with Crippen molar-refractivity contribution in [2.75, 3.05) is 45.8 Å². The maximum Gasteiger partial charge on any atom is 0.244 e. The smallest absolute Gasteiger partial charge is 0.244 e. The summed E-state index contributed by atoms with van der Waals surface area (Å²) in [4.78, 5) is 21.4. The number of guanidine groups is 1. The Morgan fingerprint density at radius 1 is 1.11 bits per heavy atom. The summed E-state index contributed by atoms with van der Waals surface area (Å²) in [5, 5.41) is 6.59. The van der Waals surface area contributed by atoms with Gasteiger partial charge in [0.15, 0.2) is 5.96 Å². The first kappa shape index (κ1) is 21.2. The maximum atomic E-state index is 12.6. The fraction of sp³-hybridized carbons (Fsp3) is 0.619. The molecule has 1 aliphatic heterocycles. The molecule has 1 aromatic carbocycles. The molecule has 6 nitrogen and oxygen atoms in total. The zero-order chi connectivity index (χ0) is 19.3. The minimum atomic E-state index is 0.0505. The molecule has 0 saturated carbocycles. The van der Waals surface area contributed by atoms with Gasteiger partial charge in [0.25, 0.3) is 0 Å². The maximum absolute atomic E-state index is 12.6. The lowest BCUT2D eigenvalue weighted by Gasteiger charge is -2.26. The van der Waals surface area contributed by atoms with Crippen LogP contribution < -0.4 is 10.6 Å². The summed E-state index contributed by atoms with van der Waals surface area (Å²) in [5.74, 6) is 0.771. The molecule has 150 valence electrons. The fourth-order valence-electron chi connectivity index (χ4n) is 3.28. The van der Waals surface area contributed by atoms with E-state index in [9.17, 15) is 4.79 Å². The zero-order valence-corrected chi connectivity index (χ0v) is 16.9. The number of carbonyl (C=O) groups excluding carboxylic acids is 1. The van der Waals surface area contributed by atoms with Crippen molar-refractivity contribution in [3.63, 3.8) is 0 Å². The molecule has 0 bridgehead atoms. The Morgan fingerprint density at radius 3 is 2.52 bits per heavy atom. The van der Waals surface area contributed by atoms with Crippen molar-refractivity contribution in [2.24, 2.45) is 4.99 Å². The first-order valence-corrected chi connectivity index (χ1v) is 10.3. The van der Waals surface area contributed by atoms with Gasteiger partial charge in [0.1, 0.15) is 6.54 Å². The van der Waals surface area contributed by atoms with E-state index in [4.69, 9.17) is 0 Å². The number of benzene rings is 1. The van der Waals surface area contributed by atoms with Crippen LogP contribution in [0.5, 0.6) is 0 Å². The quantitative estimate of drug-likeness (QED) is 0.514. The van der Waals surface area contributed by atoms with E-state index < -0.39 is 0 Å². The van der Waals surface area contributed by atoms with Crippen molar-refractivity contribution in [2.45, 2.75) is 39.7 Å². The van der Waals surface area contributed by atoms with E-state index in [-0.39, 0.29) is 12.5 Å². The molecule has 2 N–H and O–H groups in total. The summed E-state index contributed by atoms with van der Waals surface area (Å²) in [6.45, 7) is 10.6. The van der Waals surface area contributed by atoms with Gasteiger partial charge in [0.2, 0.25) is 5.91 Å². The number of piperidine rings is 1. The molecule has 2 rings (SSSR count). The minimum Gasteiger partial charge on any atom is -0.357 e. The van der Waals surface area contributed by atoms with Gasteiger partial charge in [-0.1, -0.05) is 36.8 Å². The third-order valence-corrected chi connectivity index (χ3v) is 4.84. The van der Waals surface area contributed by atoms with Gasteiger partial charge in [-0.15, -0.1) is 0 Å². The van der Waals surface area contributed by atoms with E-state index >= 15 is 0 Å². The number of likely N-dealkylation sites (tertiary alicyclic amines) is 1. The molecule has 0 atom stereocenters. The minimum absolute atomic E-state index is 0.0505. The number of carbonyl (C=O) groups is 1. The Hall–Kier alpha value is -2.08.